The number of carbonyl (C=O) groups excluding carboxylic acids is 1. The molecule has 0 spiro atoms. The highest BCUT2D eigenvalue weighted by Gasteiger charge is 2.26. The van der Waals surface area contributed by atoms with Crippen LogP contribution in [0.5, 0.6) is 0 Å². The smallest absolute Gasteiger partial charge is 0.346 e. The molecule has 0 atom stereocenters. The molecule has 1 aromatic carbocycles. The zero-order valence-corrected chi connectivity index (χ0v) is 9.78. The van der Waals surface area contributed by atoms with E-state index in [4.69, 9.17) is 0 Å². The van der Waals surface area contributed by atoms with Crippen LogP contribution in [0, 0.1) is 15.9 Å². The summed E-state index contributed by atoms with van der Waals surface area (Å²) in [5.41, 5.74) is -0.904. The largest absolute Gasteiger partial charge is 0.462 e. The SMILES string of the molecule is CCOC(=O)c1c([N+](=O)[O-])ccc(F)c1Br. The van der Waals surface area contributed by atoms with Crippen molar-refractivity contribution >= 4 is 27.6 Å². The molecule has 16 heavy (non-hydrogen) atoms. The molecule has 7 heteroatoms. The van der Waals surface area contributed by atoms with Crippen molar-refractivity contribution in [2.45, 2.75) is 6.92 Å². The molecule has 0 saturated heterocycles. The fourth-order valence-electron chi connectivity index (χ4n) is 1.09. The van der Waals surface area contributed by atoms with Gasteiger partial charge in [0.2, 0.25) is 0 Å². The van der Waals surface area contributed by atoms with E-state index in [0.717, 1.165) is 12.1 Å². The van der Waals surface area contributed by atoms with Gasteiger partial charge in [0.15, 0.2) is 5.56 Å². The molecule has 0 unspecified atom stereocenters. The summed E-state index contributed by atoms with van der Waals surface area (Å²) in [5.74, 6) is -1.69. The first-order valence-electron chi connectivity index (χ1n) is 4.28. The van der Waals surface area contributed by atoms with Gasteiger partial charge in [-0.25, -0.2) is 9.18 Å². The highest BCUT2D eigenvalue weighted by atomic mass is 79.9. The van der Waals surface area contributed by atoms with Gasteiger partial charge in [0, 0.05) is 6.07 Å². The number of esters is 1. The Morgan fingerprint density at radius 2 is 2.25 bits per heavy atom. The Labute approximate surface area is 98.5 Å². The maximum Gasteiger partial charge on any atom is 0.346 e. The highest BCUT2D eigenvalue weighted by molar-refractivity contribution is 9.10. The predicted molar refractivity (Wildman–Crippen MR) is 56.7 cm³/mol. The van der Waals surface area contributed by atoms with Crippen molar-refractivity contribution in [1.29, 1.82) is 0 Å². The molecule has 0 radical (unpaired) electrons. The van der Waals surface area contributed by atoms with Crippen LogP contribution in [0.3, 0.4) is 0 Å². The highest BCUT2D eigenvalue weighted by Crippen LogP contribution is 2.29. The van der Waals surface area contributed by atoms with Crippen LogP contribution >= 0.6 is 15.9 Å². The van der Waals surface area contributed by atoms with Gasteiger partial charge in [-0.2, -0.15) is 0 Å². The standard InChI is InChI=1S/C9H7BrFNO4/c1-2-16-9(13)7-6(12(14)15)4-3-5(11)8(7)10/h3-4H,2H2,1H3. The van der Waals surface area contributed by atoms with Gasteiger partial charge in [-0.05, 0) is 28.9 Å². The Morgan fingerprint density at radius 1 is 1.62 bits per heavy atom. The maximum absolute atomic E-state index is 13.1. The summed E-state index contributed by atoms with van der Waals surface area (Å²) in [6, 6.07) is 1.83. The third-order valence-corrected chi connectivity index (χ3v) is 2.52. The summed E-state index contributed by atoms with van der Waals surface area (Å²) in [5, 5.41) is 10.6. The first-order chi connectivity index (χ1) is 7.49. The molecule has 1 rings (SSSR count). The Morgan fingerprint density at radius 3 is 2.75 bits per heavy atom. The quantitative estimate of drug-likeness (QED) is 0.488. The number of benzene rings is 1. The van der Waals surface area contributed by atoms with Gasteiger partial charge in [-0.1, -0.05) is 0 Å². The molecule has 5 nitrogen and oxygen atoms in total. The van der Waals surface area contributed by atoms with Crippen LogP contribution in [0.15, 0.2) is 16.6 Å². The van der Waals surface area contributed by atoms with E-state index < -0.39 is 28.0 Å². The Balaban J connectivity index is 3.37. The molecule has 0 heterocycles. The average molecular weight is 292 g/mol. The van der Waals surface area contributed by atoms with Gasteiger partial charge in [-0.3, -0.25) is 10.1 Å². The molecule has 1 aromatic rings. The van der Waals surface area contributed by atoms with Crippen LogP contribution in [0.2, 0.25) is 0 Å². The number of hydrogen-bond acceptors (Lipinski definition) is 4. The third kappa shape index (κ3) is 2.35. The number of ether oxygens (including phenoxy) is 1. The lowest BCUT2D eigenvalue weighted by atomic mass is 10.2. The average Bonchev–Trinajstić information content (AvgIpc) is 2.21. The monoisotopic (exact) mass is 291 g/mol. The minimum Gasteiger partial charge on any atom is -0.462 e. The number of nitro groups is 1. The molecule has 0 bridgehead atoms. The zero-order valence-electron chi connectivity index (χ0n) is 8.20. The lowest BCUT2D eigenvalue weighted by Crippen LogP contribution is -2.09. The summed E-state index contributed by atoms with van der Waals surface area (Å²) < 4.78 is 17.5. The van der Waals surface area contributed by atoms with E-state index in [-0.39, 0.29) is 11.1 Å². The second-order valence-electron chi connectivity index (χ2n) is 2.73. The first-order valence-corrected chi connectivity index (χ1v) is 5.07. The number of halogens is 2. The second kappa shape index (κ2) is 5.02. The molecule has 0 aliphatic heterocycles. The normalized spacial score (nSPS) is 9.94. The lowest BCUT2D eigenvalue weighted by Gasteiger charge is -2.05. The van der Waals surface area contributed by atoms with Crippen LogP contribution in [0.1, 0.15) is 17.3 Å². The van der Waals surface area contributed by atoms with E-state index in [1.807, 2.05) is 0 Å². The van der Waals surface area contributed by atoms with Crippen molar-refractivity contribution < 1.29 is 18.8 Å². The molecule has 0 fully saturated rings. The fraction of sp³-hybridized carbons (Fsp3) is 0.222. The van der Waals surface area contributed by atoms with E-state index in [1.54, 1.807) is 6.92 Å². The van der Waals surface area contributed by atoms with Gasteiger partial charge in [0.25, 0.3) is 5.69 Å². The summed E-state index contributed by atoms with van der Waals surface area (Å²) in [7, 11) is 0. The third-order valence-electron chi connectivity index (χ3n) is 1.75. The molecule has 0 N–H and O–H groups in total. The molecule has 0 aromatic heterocycles. The van der Waals surface area contributed by atoms with Crippen molar-refractivity contribution in [2.75, 3.05) is 6.61 Å². The van der Waals surface area contributed by atoms with E-state index in [1.165, 1.54) is 0 Å². The maximum atomic E-state index is 13.1. The van der Waals surface area contributed by atoms with Gasteiger partial charge < -0.3 is 4.74 Å². The number of nitro benzene ring substituents is 1. The number of rotatable bonds is 3. The van der Waals surface area contributed by atoms with E-state index in [0.29, 0.717) is 0 Å². The topological polar surface area (TPSA) is 69.4 Å². The summed E-state index contributed by atoms with van der Waals surface area (Å²) in [6.45, 7) is 1.61. The minimum atomic E-state index is -0.930. The summed E-state index contributed by atoms with van der Waals surface area (Å²) in [4.78, 5) is 21.3. The van der Waals surface area contributed by atoms with Gasteiger partial charge in [0.05, 0.1) is 16.0 Å². The van der Waals surface area contributed by atoms with Crippen molar-refractivity contribution in [2.24, 2.45) is 0 Å². The van der Waals surface area contributed by atoms with Crippen molar-refractivity contribution in [1.82, 2.24) is 0 Å². The fourth-order valence-corrected chi connectivity index (χ4v) is 1.59. The van der Waals surface area contributed by atoms with E-state index in [9.17, 15) is 19.3 Å². The number of nitrogens with zero attached hydrogens (tertiary/aromatic N) is 1. The van der Waals surface area contributed by atoms with Crippen LogP contribution < -0.4 is 0 Å². The molecule has 0 saturated carbocycles. The van der Waals surface area contributed by atoms with Crippen LogP contribution in [0.4, 0.5) is 10.1 Å². The van der Waals surface area contributed by atoms with Gasteiger partial charge in [-0.15, -0.1) is 0 Å². The first kappa shape index (κ1) is 12.6. The van der Waals surface area contributed by atoms with Gasteiger partial charge in [0.1, 0.15) is 5.82 Å². The predicted octanol–water partition coefficient (Wildman–Crippen LogP) is 2.67. The molecule has 86 valence electrons. The summed E-state index contributed by atoms with van der Waals surface area (Å²) >= 11 is 2.79. The van der Waals surface area contributed by atoms with Gasteiger partial charge >= 0.3 is 5.97 Å². The molecule has 0 aliphatic rings. The molecule has 0 aliphatic carbocycles. The number of hydrogen-bond donors (Lipinski definition) is 0. The Hall–Kier alpha value is -1.50. The van der Waals surface area contributed by atoms with Crippen LogP contribution in [-0.4, -0.2) is 17.5 Å². The van der Waals surface area contributed by atoms with Crippen LogP contribution in [-0.2, 0) is 4.74 Å². The van der Waals surface area contributed by atoms with Crippen LogP contribution in [0.25, 0.3) is 0 Å². The number of carbonyl (C=O) groups is 1. The molecule has 0 amide bonds. The van der Waals surface area contributed by atoms with E-state index >= 15 is 0 Å². The van der Waals surface area contributed by atoms with E-state index in [2.05, 4.69) is 20.7 Å². The zero-order chi connectivity index (χ0) is 12.3. The Bertz CT molecular complexity index is 449. The Kier molecular flexibility index (Phi) is 3.94. The second-order valence-corrected chi connectivity index (χ2v) is 3.53. The minimum absolute atomic E-state index is 0.0545. The molecular formula is C9H7BrFNO4. The lowest BCUT2D eigenvalue weighted by molar-refractivity contribution is -0.385. The summed E-state index contributed by atoms with van der Waals surface area (Å²) in [6.07, 6.45) is 0. The van der Waals surface area contributed by atoms with Crippen molar-refractivity contribution in [3.63, 3.8) is 0 Å². The molecular weight excluding hydrogens is 285 g/mol. The van der Waals surface area contributed by atoms with Crippen molar-refractivity contribution in [3.05, 3.63) is 38.1 Å². The van der Waals surface area contributed by atoms with Crippen molar-refractivity contribution in [3.8, 4) is 0 Å².